The Bertz CT molecular complexity index is 934. The van der Waals surface area contributed by atoms with Gasteiger partial charge in [0.1, 0.15) is 12.4 Å². The number of ether oxygens (including phenoxy) is 1. The fourth-order valence-electron chi connectivity index (χ4n) is 3.34. The summed E-state index contributed by atoms with van der Waals surface area (Å²) in [5.74, 6) is 0.802. The molecule has 1 saturated heterocycles. The average Bonchev–Trinajstić information content (AvgIpc) is 2.87. The fraction of sp³-hybridized carbons (Fsp3) is 0.304. The van der Waals surface area contributed by atoms with E-state index in [0.29, 0.717) is 6.61 Å². The number of fused-ring (bicyclic) bond motifs is 1. The Kier molecular flexibility index (Phi) is 4.49. The molecule has 0 unspecified atom stereocenters. The van der Waals surface area contributed by atoms with Crippen LogP contribution in [0.25, 0.3) is 10.8 Å². The molecule has 1 fully saturated rings. The molecule has 4 rings (SSSR count). The molecule has 0 aliphatic carbocycles. The topological polar surface area (TPSA) is 27.7 Å². The van der Waals surface area contributed by atoms with Crippen LogP contribution in [0, 0.1) is 0 Å². The van der Waals surface area contributed by atoms with Crippen LogP contribution in [0.5, 0.6) is 5.75 Å². The zero-order valence-electron chi connectivity index (χ0n) is 16.4. The van der Waals surface area contributed by atoms with Crippen LogP contribution in [0.1, 0.15) is 33.3 Å². The van der Waals surface area contributed by atoms with Gasteiger partial charge in [0.15, 0.2) is 0 Å². The molecule has 4 heteroatoms. The molecule has 138 valence electrons. The second kappa shape index (κ2) is 6.70. The maximum absolute atomic E-state index is 6.35. The van der Waals surface area contributed by atoms with E-state index in [1.54, 1.807) is 0 Å². The van der Waals surface area contributed by atoms with E-state index >= 15 is 0 Å². The molecule has 3 nitrogen and oxygen atoms in total. The van der Waals surface area contributed by atoms with E-state index in [0.717, 1.165) is 27.5 Å². The molecule has 0 aromatic heterocycles. The summed E-state index contributed by atoms with van der Waals surface area (Å²) in [5.41, 5.74) is 1.30. The van der Waals surface area contributed by atoms with Crippen LogP contribution in [-0.4, -0.2) is 18.3 Å². The third-order valence-corrected chi connectivity index (χ3v) is 5.66. The first-order chi connectivity index (χ1) is 12.9. The summed E-state index contributed by atoms with van der Waals surface area (Å²) < 4.78 is 18.9. The monoisotopic (exact) mass is 360 g/mol. The first-order valence-electron chi connectivity index (χ1n) is 9.41. The quantitative estimate of drug-likeness (QED) is 0.631. The summed E-state index contributed by atoms with van der Waals surface area (Å²) in [6.45, 7) is 8.79. The minimum atomic E-state index is -0.466. The van der Waals surface area contributed by atoms with Crippen LogP contribution < -0.4 is 10.2 Å². The van der Waals surface area contributed by atoms with Crippen molar-refractivity contribution in [1.82, 2.24) is 0 Å². The van der Waals surface area contributed by atoms with Crippen LogP contribution in [0.15, 0.2) is 66.7 Å². The van der Waals surface area contributed by atoms with Gasteiger partial charge in [-0.15, -0.1) is 0 Å². The van der Waals surface area contributed by atoms with E-state index in [1.165, 1.54) is 0 Å². The van der Waals surface area contributed by atoms with Crippen LogP contribution in [0.3, 0.4) is 0 Å². The second-order valence-corrected chi connectivity index (χ2v) is 8.06. The Morgan fingerprint density at radius 3 is 2.11 bits per heavy atom. The van der Waals surface area contributed by atoms with Crippen molar-refractivity contribution < 1.29 is 14.0 Å². The largest absolute Gasteiger partial charge is 0.499 e. The Balaban J connectivity index is 1.75. The molecule has 27 heavy (non-hydrogen) atoms. The lowest BCUT2D eigenvalue weighted by atomic mass is 9.75. The molecule has 1 aliphatic rings. The van der Waals surface area contributed by atoms with Gasteiger partial charge < -0.3 is 14.0 Å². The predicted octanol–water partition coefficient (Wildman–Crippen LogP) is 4.72. The molecule has 1 aliphatic heterocycles. The standard InChI is InChI=1S/C23H25BO3/c1-22(2)23(3,4)27-24(26-22)21-19-13-9-8-12-18(19)14-15-20(21)25-16-17-10-6-5-7-11-17/h5-15H,16H2,1-4H3. The van der Waals surface area contributed by atoms with Crippen LogP contribution in [-0.2, 0) is 15.9 Å². The Morgan fingerprint density at radius 1 is 0.778 bits per heavy atom. The highest BCUT2D eigenvalue weighted by molar-refractivity contribution is 6.66. The number of hydrogen-bond donors (Lipinski definition) is 0. The Hall–Kier alpha value is -2.30. The smallest absolute Gasteiger partial charge is 0.489 e. The van der Waals surface area contributed by atoms with E-state index in [9.17, 15) is 0 Å². The van der Waals surface area contributed by atoms with Crippen LogP contribution >= 0.6 is 0 Å². The number of hydrogen-bond acceptors (Lipinski definition) is 3. The van der Waals surface area contributed by atoms with Crippen molar-refractivity contribution >= 4 is 23.4 Å². The maximum atomic E-state index is 6.35. The summed E-state index contributed by atoms with van der Waals surface area (Å²) in [5, 5.41) is 2.25. The minimum absolute atomic E-state index is 0.398. The van der Waals surface area contributed by atoms with E-state index < -0.39 is 18.3 Å². The highest BCUT2D eigenvalue weighted by atomic mass is 16.7. The van der Waals surface area contributed by atoms with Gasteiger partial charge in [0.2, 0.25) is 0 Å². The molecule has 0 atom stereocenters. The van der Waals surface area contributed by atoms with Gasteiger partial charge in [-0.3, -0.25) is 0 Å². The van der Waals surface area contributed by atoms with Gasteiger partial charge in [-0.25, -0.2) is 0 Å². The van der Waals surface area contributed by atoms with Gasteiger partial charge in [0.05, 0.1) is 11.2 Å². The highest BCUT2D eigenvalue weighted by Crippen LogP contribution is 2.38. The van der Waals surface area contributed by atoms with Crippen LogP contribution in [0.2, 0.25) is 0 Å². The van der Waals surface area contributed by atoms with Crippen molar-refractivity contribution in [3.63, 3.8) is 0 Å². The minimum Gasteiger partial charge on any atom is -0.489 e. The predicted molar refractivity (Wildman–Crippen MR) is 110 cm³/mol. The van der Waals surface area contributed by atoms with Gasteiger partial charge in [0, 0.05) is 5.46 Å². The van der Waals surface area contributed by atoms with Crippen molar-refractivity contribution in [3.8, 4) is 5.75 Å². The molecule has 0 spiro atoms. The van der Waals surface area contributed by atoms with E-state index in [2.05, 4.69) is 58.0 Å². The lowest BCUT2D eigenvalue weighted by molar-refractivity contribution is 0.00578. The lowest BCUT2D eigenvalue weighted by Crippen LogP contribution is -2.41. The fourth-order valence-corrected chi connectivity index (χ4v) is 3.34. The normalized spacial score (nSPS) is 18.0. The SMILES string of the molecule is CC1(C)OB(c2c(OCc3ccccc3)ccc3ccccc23)OC1(C)C. The van der Waals surface area contributed by atoms with Gasteiger partial charge in [-0.1, -0.05) is 60.7 Å². The van der Waals surface area contributed by atoms with Gasteiger partial charge in [-0.05, 0) is 50.1 Å². The molecular formula is C23H25BO3. The van der Waals surface area contributed by atoms with E-state index in [-0.39, 0.29) is 0 Å². The van der Waals surface area contributed by atoms with Crippen LogP contribution in [0.4, 0.5) is 0 Å². The van der Waals surface area contributed by atoms with Crippen molar-refractivity contribution in [1.29, 1.82) is 0 Å². The summed E-state index contributed by atoms with van der Waals surface area (Å²) >= 11 is 0. The maximum Gasteiger partial charge on any atom is 0.499 e. The highest BCUT2D eigenvalue weighted by Gasteiger charge is 2.52. The van der Waals surface area contributed by atoms with Crippen molar-refractivity contribution in [2.45, 2.75) is 45.5 Å². The second-order valence-electron chi connectivity index (χ2n) is 8.06. The van der Waals surface area contributed by atoms with E-state index in [1.807, 2.05) is 36.4 Å². The van der Waals surface area contributed by atoms with E-state index in [4.69, 9.17) is 14.0 Å². The third kappa shape index (κ3) is 3.35. The third-order valence-electron chi connectivity index (χ3n) is 5.66. The zero-order chi connectivity index (χ0) is 19.1. The summed E-state index contributed by atoms with van der Waals surface area (Å²) in [6, 6.07) is 22.6. The molecule has 0 radical (unpaired) electrons. The molecule has 0 N–H and O–H groups in total. The molecule has 1 heterocycles. The van der Waals surface area contributed by atoms with Gasteiger partial charge >= 0.3 is 7.12 Å². The van der Waals surface area contributed by atoms with Gasteiger partial charge in [-0.2, -0.15) is 0 Å². The Labute approximate surface area is 161 Å². The molecule has 3 aromatic rings. The number of rotatable bonds is 4. The van der Waals surface area contributed by atoms with Crippen molar-refractivity contribution in [3.05, 3.63) is 72.3 Å². The first kappa shape index (κ1) is 18.1. The average molecular weight is 360 g/mol. The summed E-state index contributed by atoms with van der Waals surface area (Å²) in [4.78, 5) is 0. The molecule has 3 aromatic carbocycles. The zero-order valence-corrected chi connectivity index (χ0v) is 16.4. The summed E-state index contributed by atoms with van der Waals surface area (Å²) in [7, 11) is -0.466. The lowest BCUT2D eigenvalue weighted by Gasteiger charge is -2.32. The van der Waals surface area contributed by atoms with Crippen molar-refractivity contribution in [2.75, 3.05) is 0 Å². The molecule has 0 saturated carbocycles. The van der Waals surface area contributed by atoms with Gasteiger partial charge in [0.25, 0.3) is 0 Å². The summed E-state index contributed by atoms with van der Waals surface area (Å²) in [6.07, 6.45) is 0. The van der Waals surface area contributed by atoms with Crippen molar-refractivity contribution in [2.24, 2.45) is 0 Å². The number of benzene rings is 3. The first-order valence-corrected chi connectivity index (χ1v) is 9.41. The molecular weight excluding hydrogens is 335 g/mol. The molecule has 0 amide bonds. The Morgan fingerprint density at radius 2 is 1.41 bits per heavy atom. The molecule has 0 bridgehead atoms.